The summed E-state index contributed by atoms with van der Waals surface area (Å²) in [6.45, 7) is 0.150. The van der Waals surface area contributed by atoms with Crippen LogP contribution in [0.5, 0.6) is 0 Å². The van der Waals surface area contributed by atoms with Gasteiger partial charge in [-0.3, -0.25) is 4.79 Å². The molecule has 1 saturated heterocycles. The summed E-state index contributed by atoms with van der Waals surface area (Å²) in [6.07, 6.45) is 5.86. The fourth-order valence-corrected chi connectivity index (χ4v) is 4.88. The number of hydrogen-bond donors (Lipinski definition) is 2. The standard InChI is InChI=1S/C25H29F2NO4S/c26-25(27)17-19(12-13-20(29)10-5-4-9-18-7-2-1-3-8-18)28(24(25)32)16-6-11-21-14-15-22(33-21)23(30)31/h1-3,7-8,12-15,19-20,29H,4-6,9-11,16-17H2,(H,30,31)/b13-12+/t19-,20-/m0/s1. The number of likely N-dealkylation sites (tertiary alicyclic amines) is 1. The van der Waals surface area contributed by atoms with Gasteiger partial charge < -0.3 is 15.1 Å². The van der Waals surface area contributed by atoms with E-state index in [4.69, 9.17) is 5.11 Å². The molecule has 0 saturated carbocycles. The van der Waals surface area contributed by atoms with Gasteiger partial charge in [-0.15, -0.1) is 11.3 Å². The second-order valence-corrected chi connectivity index (χ2v) is 9.50. The van der Waals surface area contributed by atoms with Crippen LogP contribution in [0.1, 0.15) is 52.2 Å². The van der Waals surface area contributed by atoms with Gasteiger partial charge >= 0.3 is 11.9 Å². The van der Waals surface area contributed by atoms with E-state index in [2.05, 4.69) is 12.1 Å². The highest BCUT2D eigenvalue weighted by Crippen LogP contribution is 2.34. The minimum absolute atomic E-state index is 0.150. The predicted molar refractivity (Wildman–Crippen MR) is 124 cm³/mol. The van der Waals surface area contributed by atoms with E-state index in [1.54, 1.807) is 6.07 Å². The lowest BCUT2D eigenvalue weighted by atomic mass is 10.0. The summed E-state index contributed by atoms with van der Waals surface area (Å²) in [5.41, 5.74) is 1.24. The molecule has 2 aromatic rings. The first-order valence-electron chi connectivity index (χ1n) is 11.2. The predicted octanol–water partition coefficient (Wildman–Crippen LogP) is 4.95. The van der Waals surface area contributed by atoms with E-state index < -0.39 is 36.4 Å². The van der Waals surface area contributed by atoms with Crippen LogP contribution in [0.15, 0.2) is 54.6 Å². The second-order valence-electron chi connectivity index (χ2n) is 8.33. The van der Waals surface area contributed by atoms with Crippen molar-refractivity contribution in [2.45, 2.75) is 63.0 Å². The van der Waals surface area contributed by atoms with Crippen LogP contribution < -0.4 is 0 Å². The van der Waals surface area contributed by atoms with Gasteiger partial charge in [-0.05, 0) is 49.8 Å². The number of carbonyl (C=O) groups excluding carboxylic acids is 1. The van der Waals surface area contributed by atoms with Crippen LogP contribution in [0.25, 0.3) is 0 Å². The zero-order valence-corrected chi connectivity index (χ0v) is 19.1. The molecule has 3 rings (SSSR count). The van der Waals surface area contributed by atoms with Gasteiger partial charge in [0.05, 0.1) is 12.1 Å². The van der Waals surface area contributed by atoms with E-state index in [-0.39, 0.29) is 11.4 Å². The van der Waals surface area contributed by atoms with Gasteiger partial charge in [-0.1, -0.05) is 48.9 Å². The molecule has 2 atom stereocenters. The number of carbonyl (C=O) groups is 2. The SMILES string of the molecule is O=C(O)c1ccc(CCCN2C(=O)C(F)(F)C[C@@H]2/C=C/[C@@H](O)CCCCc2ccccc2)s1. The molecule has 178 valence electrons. The van der Waals surface area contributed by atoms with Crippen LogP contribution in [0, 0.1) is 0 Å². The molecule has 1 aliphatic rings. The number of rotatable bonds is 12. The van der Waals surface area contributed by atoms with Crippen molar-refractivity contribution in [1.82, 2.24) is 4.90 Å². The van der Waals surface area contributed by atoms with Crippen LogP contribution >= 0.6 is 11.3 Å². The van der Waals surface area contributed by atoms with Crippen LogP contribution in [0.2, 0.25) is 0 Å². The largest absolute Gasteiger partial charge is 0.477 e. The van der Waals surface area contributed by atoms with Crippen LogP contribution in [0.4, 0.5) is 8.78 Å². The molecule has 5 nitrogen and oxygen atoms in total. The number of halogens is 2. The van der Waals surface area contributed by atoms with Gasteiger partial charge in [0.1, 0.15) is 4.88 Å². The molecule has 0 spiro atoms. The molecule has 33 heavy (non-hydrogen) atoms. The number of nitrogens with zero attached hydrogens (tertiary/aromatic N) is 1. The highest BCUT2D eigenvalue weighted by atomic mass is 32.1. The average Bonchev–Trinajstić information content (AvgIpc) is 3.34. The molecule has 0 unspecified atom stereocenters. The summed E-state index contributed by atoms with van der Waals surface area (Å²) in [7, 11) is 0. The molecule has 1 aromatic heterocycles. The summed E-state index contributed by atoms with van der Waals surface area (Å²) in [4.78, 5) is 25.4. The first kappa shape index (κ1) is 25.1. The molecule has 0 aliphatic carbocycles. The van der Waals surface area contributed by atoms with Gasteiger partial charge in [0, 0.05) is 17.8 Å². The minimum Gasteiger partial charge on any atom is -0.477 e. The van der Waals surface area contributed by atoms with Crippen molar-refractivity contribution in [2.24, 2.45) is 0 Å². The number of aliphatic hydroxyl groups excluding tert-OH is 1. The van der Waals surface area contributed by atoms with Gasteiger partial charge in [-0.25, -0.2) is 4.79 Å². The zero-order chi connectivity index (χ0) is 23.8. The molecule has 2 N–H and O–H groups in total. The molecular formula is C25H29F2NO4S. The van der Waals surface area contributed by atoms with Crippen LogP contribution in [-0.4, -0.2) is 51.6 Å². The van der Waals surface area contributed by atoms with Crippen molar-refractivity contribution in [2.75, 3.05) is 6.54 Å². The molecule has 2 heterocycles. The fourth-order valence-electron chi connectivity index (χ4n) is 3.99. The van der Waals surface area contributed by atoms with E-state index >= 15 is 0 Å². The molecule has 1 fully saturated rings. The first-order valence-corrected chi connectivity index (χ1v) is 12.0. The van der Waals surface area contributed by atoms with Crippen LogP contribution in [0.3, 0.4) is 0 Å². The summed E-state index contributed by atoms with van der Waals surface area (Å²) in [5.74, 6) is -5.59. The third-order valence-electron chi connectivity index (χ3n) is 5.75. The normalized spacial score (nSPS) is 18.8. The molecule has 1 aliphatic heterocycles. The third kappa shape index (κ3) is 7.20. The Bertz CT molecular complexity index is 960. The van der Waals surface area contributed by atoms with E-state index in [1.807, 2.05) is 18.2 Å². The lowest BCUT2D eigenvalue weighted by molar-refractivity contribution is -0.148. The topological polar surface area (TPSA) is 77.8 Å². The second kappa shape index (κ2) is 11.5. The van der Waals surface area contributed by atoms with E-state index in [0.29, 0.717) is 19.3 Å². The van der Waals surface area contributed by atoms with Gasteiger partial charge in [0.2, 0.25) is 0 Å². The molecular weight excluding hydrogens is 448 g/mol. The fraction of sp³-hybridized carbons (Fsp3) is 0.440. The number of alkyl halides is 2. The lowest BCUT2D eigenvalue weighted by Crippen LogP contribution is -2.36. The number of carboxylic acids is 1. The average molecular weight is 478 g/mol. The maximum atomic E-state index is 14.1. The number of amides is 1. The lowest BCUT2D eigenvalue weighted by Gasteiger charge is -2.22. The summed E-state index contributed by atoms with van der Waals surface area (Å²) in [5, 5.41) is 19.2. The number of aliphatic hydroxyl groups is 1. The van der Waals surface area contributed by atoms with E-state index in [1.165, 1.54) is 28.7 Å². The van der Waals surface area contributed by atoms with Crippen LogP contribution in [-0.2, 0) is 17.6 Å². The Morgan fingerprint density at radius 2 is 1.91 bits per heavy atom. The Balaban J connectivity index is 1.47. The number of carboxylic acid groups (broad SMARTS) is 1. The number of benzene rings is 1. The summed E-state index contributed by atoms with van der Waals surface area (Å²) < 4.78 is 28.1. The first-order chi connectivity index (χ1) is 15.8. The van der Waals surface area contributed by atoms with Gasteiger partial charge in [0.25, 0.3) is 5.91 Å². The Labute approximate surface area is 196 Å². The number of aromatic carboxylic acids is 1. The van der Waals surface area contributed by atoms with Crippen molar-refractivity contribution in [3.63, 3.8) is 0 Å². The Morgan fingerprint density at radius 3 is 2.61 bits per heavy atom. The van der Waals surface area contributed by atoms with Crippen molar-refractivity contribution in [1.29, 1.82) is 0 Å². The Hall–Kier alpha value is -2.58. The van der Waals surface area contributed by atoms with Crippen molar-refractivity contribution >= 4 is 23.2 Å². The number of hydrogen-bond acceptors (Lipinski definition) is 4. The molecule has 0 bridgehead atoms. The maximum Gasteiger partial charge on any atom is 0.345 e. The monoisotopic (exact) mass is 477 g/mol. The highest BCUT2D eigenvalue weighted by molar-refractivity contribution is 7.13. The number of unbranched alkanes of at least 4 members (excludes halogenated alkanes) is 1. The molecule has 1 amide bonds. The highest BCUT2D eigenvalue weighted by Gasteiger charge is 2.52. The molecule has 8 heteroatoms. The minimum atomic E-state index is -3.41. The van der Waals surface area contributed by atoms with E-state index in [9.17, 15) is 23.5 Å². The Kier molecular flexibility index (Phi) is 8.74. The quantitative estimate of drug-likeness (QED) is 0.335. The molecule has 0 radical (unpaired) electrons. The Morgan fingerprint density at radius 1 is 1.15 bits per heavy atom. The van der Waals surface area contributed by atoms with E-state index in [0.717, 1.165) is 35.5 Å². The maximum absolute atomic E-state index is 14.1. The van der Waals surface area contributed by atoms with Gasteiger partial charge in [-0.2, -0.15) is 8.78 Å². The van der Waals surface area contributed by atoms with Crippen molar-refractivity contribution in [3.8, 4) is 0 Å². The number of thiophene rings is 1. The van der Waals surface area contributed by atoms with Gasteiger partial charge in [0.15, 0.2) is 0 Å². The zero-order valence-electron chi connectivity index (χ0n) is 18.3. The number of aryl methyl sites for hydroxylation is 2. The summed E-state index contributed by atoms with van der Waals surface area (Å²) >= 11 is 1.15. The third-order valence-corrected chi connectivity index (χ3v) is 6.88. The van der Waals surface area contributed by atoms with Crippen molar-refractivity contribution in [3.05, 3.63) is 69.9 Å². The smallest absolute Gasteiger partial charge is 0.345 e. The molecule has 1 aromatic carbocycles. The van der Waals surface area contributed by atoms with Crippen molar-refractivity contribution < 1.29 is 28.6 Å². The summed E-state index contributed by atoms with van der Waals surface area (Å²) in [6, 6.07) is 12.5.